The van der Waals surface area contributed by atoms with Crippen molar-refractivity contribution in [2.45, 2.75) is 23.1 Å². The first-order chi connectivity index (χ1) is 20.2. The number of hydrogen-bond acceptors (Lipinski definition) is 9. The molecule has 0 bridgehead atoms. The van der Waals surface area contributed by atoms with Gasteiger partial charge in [-0.3, -0.25) is 29.3 Å². The number of nitrogens with one attached hydrogen (secondary N) is 2. The molecule has 0 radical (unpaired) electrons. The number of aryl methyl sites for hydroxylation is 1. The summed E-state index contributed by atoms with van der Waals surface area (Å²) in [6.45, 7) is 1.63. The number of nitrogens with zero attached hydrogens (tertiary/aromatic N) is 2. The topological polar surface area (TPSA) is 152 Å². The third-order valence-corrected chi connectivity index (χ3v) is 9.55. The Kier molecular flexibility index (Phi) is 7.12. The second-order valence-electron chi connectivity index (χ2n) is 9.76. The first-order valence-electron chi connectivity index (χ1n) is 12.8. The molecular weight excluding hydrogens is 580 g/mol. The Balaban J connectivity index is 1.29. The number of benzene rings is 3. The third-order valence-electron chi connectivity index (χ3n) is 7.15. The standard InChI is InChI=1S/C29H22N4O7S2/c1-15-5-2-3-8-20(15)30-21(34)14-40-19-7-4-6-16(13-19)22-23-25(41-26-24(22)42-29(37)31-26)28(36)32(27(23)35)17-9-11-18(12-10-17)33(38)39/h2-13,22-23,25H,14H2,1H3,(H,30,34)(H,31,37)/t22-,23?,25?/m1/s1. The molecule has 1 saturated heterocycles. The summed E-state index contributed by atoms with van der Waals surface area (Å²) >= 11 is 2.12. The van der Waals surface area contributed by atoms with Crippen molar-refractivity contribution < 1.29 is 24.0 Å². The number of fused-ring (bicyclic) bond motifs is 2. The number of aromatic amines is 1. The van der Waals surface area contributed by atoms with Gasteiger partial charge in [-0.15, -0.1) is 0 Å². The van der Waals surface area contributed by atoms with Crippen LogP contribution in [0.4, 0.5) is 17.1 Å². The van der Waals surface area contributed by atoms with Gasteiger partial charge in [-0.05, 0) is 48.4 Å². The van der Waals surface area contributed by atoms with E-state index in [2.05, 4.69) is 10.3 Å². The molecule has 3 amide bonds. The Hall–Kier alpha value is -4.75. The predicted octanol–water partition coefficient (Wildman–Crippen LogP) is 4.47. The van der Waals surface area contributed by atoms with Gasteiger partial charge in [-0.25, -0.2) is 4.90 Å². The number of nitro groups is 1. The number of rotatable bonds is 7. The lowest BCUT2D eigenvalue weighted by atomic mass is 9.83. The van der Waals surface area contributed by atoms with Crippen LogP contribution in [-0.4, -0.2) is 39.5 Å². The molecule has 0 saturated carbocycles. The predicted molar refractivity (Wildman–Crippen MR) is 157 cm³/mol. The number of amides is 3. The number of H-pyrrole nitrogens is 1. The van der Waals surface area contributed by atoms with Crippen LogP contribution >= 0.6 is 23.1 Å². The molecule has 1 aromatic heterocycles. The molecule has 212 valence electrons. The van der Waals surface area contributed by atoms with Gasteiger partial charge in [0.25, 0.3) is 11.6 Å². The average Bonchev–Trinajstić information content (AvgIpc) is 3.47. The van der Waals surface area contributed by atoms with Crippen LogP contribution in [0.15, 0.2) is 82.6 Å². The van der Waals surface area contributed by atoms with Gasteiger partial charge < -0.3 is 15.0 Å². The fourth-order valence-electron chi connectivity index (χ4n) is 5.20. The largest absolute Gasteiger partial charge is 0.484 e. The van der Waals surface area contributed by atoms with Gasteiger partial charge in [0, 0.05) is 28.6 Å². The maximum absolute atomic E-state index is 13.9. The molecule has 2 N–H and O–H groups in total. The number of non-ortho nitro benzene ring substituents is 1. The summed E-state index contributed by atoms with van der Waals surface area (Å²) in [6, 6.07) is 19.5. The summed E-state index contributed by atoms with van der Waals surface area (Å²) in [6.07, 6.45) is 0. The van der Waals surface area contributed by atoms with E-state index in [1.54, 1.807) is 30.3 Å². The van der Waals surface area contributed by atoms with Crippen molar-refractivity contribution in [3.63, 3.8) is 0 Å². The number of imide groups is 1. The average molecular weight is 603 g/mol. The SMILES string of the molecule is Cc1ccccc1NC(=O)COc1cccc([C@H]2c3sc(=O)[nH]c3SC3C(=O)N(c4ccc([N+](=O)[O-])cc4)C(=O)C32)c1. The minimum atomic E-state index is -0.837. The number of carbonyl (C=O) groups is 3. The number of thioether (sulfide) groups is 1. The second-order valence-corrected chi connectivity index (χ2v) is 11.9. The van der Waals surface area contributed by atoms with Gasteiger partial charge in [0.1, 0.15) is 11.0 Å². The highest BCUT2D eigenvalue weighted by atomic mass is 32.2. The maximum Gasteiger partial charge on any atom is 0.305 e. The van der Waals surface area contributed by atoms with Crippen molar-refractivity contribution in [1.82, 2.24) is 4.98 Å². The van der Waals surface area contributed by atoms with Crippen molar-refractivity contribution in [3.8, 4) is 5.75 Å². The van der Waals surface area contributed by atoms with Crippen molar-refractivity contribution in [1.29, 1.82) is 0 Å². The lowest BCUT2D eigenvalue weighted by Crippen LogP contribution is -2.32. The number of ether oxygens (including phenoxy) is 1. The van der Waals surface area contributed by atoms with Crippen LogP contribution in [0.1, 0.15) is 21.9 Å². The fraction of sp³-hybridized carbons (Fsp3) is 0.172. The van der Waals surface area contributed by atoms with E-state index in [4.69, 9.17) is 4.74 Å². The zero-order valence-electron chi connectivity index (χ0n) is 21.9. The molecule has 6 rings (SSSR count). The highest BCUT2D eigenvalue weighted by molar-refractivity contribution is 8.00. The molecule has 2 unspecified atom stereocenters. The molecule has 0 aliphatic carbocycles. The molecule has 3 atom stereocenters. The minimum absolute atomic E-state index is 0.160. The number of carbonyl (C=O) groups excluding carboxylic acids is 3. The summed E-state index contributed by atoms with van der Waals surface area (Å²) in [4.78, 5) is 67.0. The van der Waals surface area contributed by atoms with E-state index < -0.39 is 33.8 Å². The van der Waals surface area contributed by atoms with Crippen LogP contribution in [0.25, 0.3) is 0 Å². The number of anilines is 2. The van der Waals surface area contributed by atoms with Crippen molar-refractivity contribution in [3.05, 3.63) is 109 Å². The maximum atomic E-state index is 13.9. The van der Waals surface area contributed by atoms with Gasteiger partial charge in [-0.2, -0.15) is 0 Å². The van der Waals surface area contributed by atoms with Gasteiger partial charge in [0.2, 0.25) is 11.8 Å². The first kappa shape index (κ1) is 27.4. The molecule has 13 heteroatoms. The summed E-state index contributed by atoms with van der Waals surface area (Å²) in [7, 11) is 0. The van der Waals surface area contributed by atoms with Crippen LogP contribution < -0.4 is 19.8 Å². The van der Waals surface area contributed by atoms with Crippen molar-refractivity contribution in [2.75, 3.05) is 16.8 Å². The lowest BCUT2D eigenvalue weighted by Gasteiger charge is -2.30. The minimum Gasteiger partial charge on any atom is -0.484 e. The number of hydrogen-bond donors (Lipinski definition) is 2. The monoisotopic (exact) mass is 602 g/mol. The Morgan fingerprint density at radius 2 is 1.81 bits per heavy atom. The van der Waals surface area contributed by atoms with Crippen LogP contribution in [0.3, 0.4) is 0 Å². The molecular formula is C29H22N4O7S2. The molecule has 11 nitrogen and oxygen atoms in total. The Morgan fingerprint density at radius 1 is 1.05 bits per heavy atom. The molecule has 4 aromatic rings. The summed E-state index contributed by atoms with van der Waals surface area (Å²) < 4.78 is 5.78. The van der Waals surface area contributed by atoms with Crippen LogP contribution in [-0.2, 0) is 14.4 Å². The molecule has 2 aliphatic rings. The first-order valence-corrected chi connectivity index (χ1v) is 14.5. The number of nitro benzene ring substituents is 1. The number of thiazole rings is 1. The highest BCUT2D eigenvalue weighted by Gasteiger charge is 2.56. The molecule has 2 aliphatic heterocycles. The van der Waals surface area contributed by atoms with Gasteiger partial charge in [-0.1, -0.05) is 53.4 Å². The van der Waals surface area contributed by atoms with E-state index in [1.807, 2.05) is 25.1 Å². The summed E-state index contributed by atoms with van der Waals surface area (Å²) in [5.41, 5.74) is 2.31. The van der Waals surface area contributed by atoms with Crippen molar-refractivity contribution in [2.24, 2.45) is 5.92 Å². The Morgan fingerprint density at radius 3 is 2.55 bits per heavy atom. The van der Waals surface area contributed by atoms with Crippen LogP contribution in [0.2, 0.25) is 0 Å². The summed E-state index contributed by atoms with van der Waals surface area (Å²) in [5.74, 6) is -2.37. The quantitative estimate of drug-likeness (QED) is 0.179. The highest BCUT2D eigenvalue weighted by Crippen LogP contribution is 2.53. The Labute approximate surface area is 246 Å². The molecule has 1 fully saturated rings. The second kappa shape index (κ2) is 10.9. The van der Waals surface area contributed by atoms with Gasteiger partial charge in [0.15, 0.2) is 6.61 Å². The molecule has 42 heavy (non-hydrogen) atoms. The van der Waals surface area contributed by atoms with E-state index in [1.165, 1.54) is 24.3 Å². The smallest absolute Gasteiger partial charge is 0.305 e. The third kappa shape index (κ3) is 4.97. The lowest BCUT2D eigenvalue weighted by molar-refractivity contribution is -0.384. The molecule has 3 heterocycles. The molecule has 0 spiro atoms. The summed E-state index contributed by atoms with van der Waals surface area (Å²) in [5, 5.41) is 13.6. The van der Waals surface area contributed by atoms with Gasteiger partial charge >= 0.3 is 4.87 Å². The fourth-order valence-corrected chi connectivity index (χ4v) is 7.72. The van der Waals surface area contributed by atoms with E-state index in [0.717, 1.165) is 33.6 Å². The van der Waals surface area contributed by atoms with Crippen molar-refractivity contribution >= 4 is 57.9 Å². The molecule has 3 aromatic carbocycles. The van der Waals surface area contributed by atoms with E-state index >= 15 is 0 Å². The van der Waals surface area contributed by atoms with Crippen LogP contribution in [0.5, 0.6) is 5.75 Å². The number of aromatic nitrogens is 1. The zero-order valence-corrected chi connectivity index (χ0v) is 23.6. The van der Waals surface area contributed by atoms with E-state index in [0.29, 0.717) is 26.9 Å². The zero-order chi connectivity index (χ0) is 29.5. The van der Waals surface area contributed by atoms with Crippen LogP contribution in [0, 0.1) is 23.0 Å². The van der Waals surface area contributed by atoms with Gasteiger partial charge in [0.05, 0.1) is 21.6 Å². The van der Waals surface area contributed by atoms with E-state index in [-0.39, 0.29) is 28.8 Å². The van der Waals surface area contributed by atoms with E-state index in [9.17, 15) is 29.3 Å². The Bertz CT molecular complexity index is 1800. The number of para-hydroxylation sites is 1. The normalized spacial score (nSPS) is 19.3.